The zero-order valence-corrected chi connectivity index (χ0v) is 19.1. The van der Waals surface area contributed by atoms with Crippen LogP contribution in [0.4, 0.5) is 0 Å². The van der Waals surface area contributed by atoms with Gasteiger partial charge in [0.25, 0.3) is 0 Å². The number of hydrogen-bond donors (Lipinski definition) is 0. The van der Waals surface area contributed by atoms with Crippen molar-refractivity contribution in [1.29, 1.82) is 0 Å². The number of hydrogen-bond acceptors (Lipinski definition) is 2. The Morgan fingerprint density at radius 1 is 0.481 bits per heavy atom. The fraction of sp³-hybridized carbons (Fsp3) is 0.920. The molecule has 0 spiro atoms. The van der Waals surface area contributed by atoms with Crippen molar-refractivity contribution < 1.29 is 0 Å². The lowest BCUT2D eigenvalue weighted by Gasteiger charge is -2.33. The molecule has 2 heteroatoms. The average Bonchev–Trinajstić information content (AvgIpc) is 3.06. The molecular formula is C25H50N2. The van der Waals surface area contributed by atoms with Gasteiger partial charge < -0.3 is 9.80 Å². The maximum absolute atomic E-state index is 2.65. The molecule has 0 radical (unpaired) electrons. The summed E-state index contributed by atoms with van der Waals surface area (Å²) in [5.74, 6) is 0. The molecule has 0 saturated carbocycles. The maximum Gasteiger partial charge on any atom is 0.101 e. The summed E-state index contributed by atoms with van der Waals surface area (Å²) in [6, 6.07) is 0. The summed E-state index contributed by atoms with van der Waals surface area (Å²) in [4.78, 5) is 5.30. The Hall–Kier alpha value is -0.660. The van der Waals surface area contributed by atoms with Gasteiger partial charge in [-0.2, -0.15) is 0 Å². The standard InChI is InChI=1S/C25H50N2/c1-4-7-10-12-13-14-16-19-22-27-24-23-26(21-18-15-11-8-5-2)25(27)20-17-9-6-3/h23-25H,4-22H2,1-3H3. The fourth-order valence-corrected chi connectivity index (χ4v) is 4.24. The minimum atomic E-state index is 0.646. The van der Waals surface area contributed by atoms with E-state index in [1.165, 1.54) is 122 Å². The van der Waals surface area contributed by atoms with Gasteiger partial charge in [-0.3, -0.25) is 0 Å². The van der Waals surface area contributed by atoms with Crippen LogP contribution in [0.25, 0.3) is 0 Å². The average molecular weight is 379 g/mol. The van der Waals surface area contributed by atoms with Gasteiger partial charge >= 0.3 is 0 Å². The second-order valence-corrected chi connectivity index (χ2v) is 8.64. The van der Waals surface area contributed by atoms with E-state index in [1.807, 2.05) is 0 Å². The molecule has 1 unspecified atom stereocenters. The summed E-state index contributed by atoms with van der Waals surface area (Å²) in [7, 11) is 0. The van der Waals surface area contributed by atoms with Crippen LogP contribution in [0.1, 0.15) is 130 Å². The van der Waals surface area contributed by atoms with Crippen LogP contribution in [0.2, 0.25) is 0 Å². The third-order valence-corrected chi connectivity index (χ3v) is 6.07. The van der Waals surface area contributed by atoms with Crippen molar-refractivity contribution in [2.45, 2.75) is 136 Å². The van der Waals surface area contributed by atoms with E-state index < -0.39 is 0 Å². The van der Waals surface area contributed by atoms with Gasteiger partial charge in [-0.1, -0.05) is 104 Å². The largest absolute Gasteiger partial charge is 0.356 e. The van der Waals surface area contributed by atoms with Crippen LogP contribution in [0, 0.1) is 0 Å². The normalized spacial score (nSPS) is 16.6. The Bertz CT molecular complexity index is 339. The highest BCUT2D eigenvalue weighted by Crippen LogP contribution is 2.23. The summed E-state index contributed by atoms with van der Waals surface area (Å²) in [5.41, 5.74) is 0. The summed E-state index contributed by atoms with van der Waals surface area (Å²) in [6.45, 7) is 9.43. The van der Waals surface area contributed by atoms with Gasteiger partial charge in [0, 0.05) is 25.5 Å². The van der Waals surface area contributed by atoms with Crippen molar-refractivity contribution in [3.8, 4) is 0 Å². The van der Waals surface area contributed by atoms with Gasteiger partial charge in [0.05, 0.1) is 0 Å². The first-order valence-corrected chi connectivity index (χ1v) is 12.5. The van der Waals surface area contributed by atoms with E-state index >= 15 is 0 Å². The van der Waals surface area contributed by atoms with Crippen molar-refractivity contribution in [3.05, 3.63) is 12.4 Å². The van der Waals surface area contributed by atoms with E-state index in [1.54, 1.807) is 0 Å². The Kier molecular flexibility index (Phi) is 15.7. The summed E-state index contributed by atoms with van der Waals surface area (Å²) in [6.07, 6.45) is 29.1. The first kappa shape index (κ1) is 24.4. The first-order chi connectivity index (χ1) is 13.3. The summed E-state index contributed by atoms with van der Waals surface area (Å²) in [5, 5.41) is 0. The molecule has 1 heterocycles. The van der Waals surface area contributed by atoms with Crippen molar-refractivity contribution in [1.82, 2.24) is 9.80 Å². The third-order valence-electron chi connectivity index (χ3n) is 6.07. The first-order valence-electron chi connectivity index (χ1n) is 12.5. The predicted octanol–water partition coefficient (Wildman–Crippen LogP) is 8.09. The van der Waals surface area contributed by atoms with Crippen LogP contribution in [0.3, 0.4) is 0 Å². The molecular weight excluding hydrogens is 328 g/mol. The van der Waals surface area contributed by atoms with Crippen molar-refractivity contribution >= 4 is 0 Å². The lowest BCUT2D eigenvalue weighted by molar-refractivity contribution is 0.135. The minimum absolute atomic E-state index is 0.646. The Morgan fingerprint density at radius 3 is 1.30 bits per heavy atom. The molecule has 2 nitrogen and oxygen atoms in total. The Balaban J connectivity index is 2.24. The number of nitrogens with zero attached hydrogens (tertiary/aromatic N) is 2. The van der Waals surface area contributed by atoms with Crippen LogP contribution in [0.15, 0.2) is 12.4 Å². The van der Waals surface area contributed by atoms with Crippen LogP contribution in [0.5, 0.6) is 0 Å². The summed E-state index contributed by atoms with van der Waals surface area (Å²) < 4.78 is 0. The number of unbranched alkanes of at least 4 members (excludes halogenated alkanes) is 13. The minimum Gasteiger partial charge on any atom is -0.356 e. The lowest BCUT2D eigenvalue weighted by Crippen LogP contribution is -2.39. The molecule has 0 amide bonds. The molecule has 0 saturated heterocycles. The molecule has 1 aliphatic rings. The van der Waals surface area contributed by atoms with Crippen LogP contribution in [-0.4, -0.2) is 29.1 Å². The van der Waals surface area contributed by atoms with Gasteiger partial charge in [0.1, 0.15) is 6.17 Å². The van der Waals surface area contributed by atoms with E-state index in [4.69, 9.17) is 0 Å². The fourth-order valence-electron chi connectivity index (χ4n) is 4.24. The van der Waals surface area contributed by atoms with Gasteiger partial charge in [0.15, 0.2) is 0 Å². The molecule has 1 aliphatic heterocycles. The van der Waals surface area contributed by atoms with Crippen LogP contribution >= 0.6 is 0 Å². The predicted molar refractivity (Wildman–Crippen MR) is 122 cm³/mol. The third kappa shape index (κ3) is 11.7. The molecule has 0 bridgehead atoms. The Labute approximate surface area is 171 Å². The zero-order chi connectivity index (χ0) is 19.6. The molecule has 0 N–H and O–H groups in total. The molecule has 160 valence electrons. The van der Waals surface area contributed by atoms with E-state index in [0.717, 1.165) is 0 Å². The van der Waals surface area contributed by atoms with Crippen molar-refractivity contribution in [3.63, 3.8) is 0 Å². The highest BCUT2D eigenvalue weighted by atomic mass is 15.4. The van der Waals surface area contributed by atoms with Crippen LogP contribution in [-0.2, 0) is 0 Å². The monoisotopic (exact) mass is 378 g/mol. The molecule has 27 heavy (non-hydrogen) atoms. The van der Waals surface area contributed by atoms with Crippen LogP contribution < -0.4 is 0 Å². The van der Waals surface area contributed by atoms with E-state index in [9.17, 15) is 0 Å². The SMILES string of the molecule is CCCCCCCCCCN1C=CN(CCCCCCC)C1CCCCC. The van der Waals surface area contributed by atoms with Gasteiger partial charge in [-0.05, 0) is 25.7 Å². The second kappa shape index (κ2) is 17.4. The molecule has 0 fully saturated rings. The van der Waals surface area contributed by atoms with Gasteiger partial charge in [-0.25, -0.2) is 0 Å². The van der Waals surface area contributed by atoms with Crippen molar-refractivity contribution in [2.24, 2.45) is 0 Å². The molecule has 0 aromatic carbocycles. The van der Waals surface area contributed by atoms with Crippen molar-refractivity contribution in [2.75, 3.05) is 13.1 Å². The molecule has 0 aliphatic carbocycles. The molecule has 0 aromatic heterocycles. The number of rotatable bonds is 19. The quantitative estimate of drug-likeness (QED) is 0.209. The lowest BCUT2D eigenvalue weighted by atomic mass is 10.1. The topological polar surface area (TPSA) is 6.48 Å². The second-order valence-electron chi connectivity index (χ2n) is 8.64. The molecule has 0 aromatic rings. The summed E-state index contributed by atoms with van der Waals surface area (Å²) >= 11 is 0. The molecule has 1 rings (SSSR count). The van der Waals surface area contributed by atoms with E-state index in [2.05, 4.69) is 43.0 Å². The Morgan fingerprint density at radius 2 is 0.852 bits per heavy atom. The van der Waals surface area contributed by atoms with Gasteiger partial charge in [0.2, 0.25) is 0 Å². The smallest absolute Gasteiger partial charge is 0.101 e. The highest BCUT2D eigenvalue weighted by molar-refractivity contribution is 4.96. The molecule has 1 atom stereocenters. The highest BCUT2D eigenvalue weighted by Gasteiger charge is 2.24. The van der Waals surface area contributed by atoms with Gasteiger partial charge in [-0.15, -0.1) is 0 Å². The van der Waals surface area contributed by atoms with E-state index in [0.29, 0.717) is 6.17 Å². The maximum atomic E-state index is 2.65. The van der Waals surface area contributed by atoms with E-state index in [-0.39, 0.29) is 0 Å². The zero-order valence-electron chi connectivity index (χ0n) is 19.1.